The second-order valence-electron chi connectivity index (χ2n) is 6.25. The Labute approximate surface area is 140 Å². The number of carboxylic acids is 1. The van der Waals surface area contributed by atoms with Gasteiger partial charge in [0.1, 0.15) is 0 Å². The van der Waals surface area contributed by atoms with E-state index in [0.29, 0.717) is 24.2 Å². The van der Waals surface area contributed by atoms with E-state index in [1.807, 2.05) is 13.8 Å². The molecule has 0 fully saturated rings. The zero-order chi connectivity index (χ0) is 17.9. The Morgan fingerprint density at radius 2 is 1.54 bits per heavy atom. The summed E-state index contributed by atoms with van der Waals surface area (Å²) in [6, 6.07) is 6.73. The lowest BCUT2D eigenvalue weighted by Gasteiger charge is -2.32. The number of rotatable bonds is 4. The monoisotopic (exact) mass is 329 g/mol. The summed E-state index contributed by atoms with van der Waals surface area (Å²) in [5, 5.41) is 16.8. The highest BCUT2D eigenvalue weighted by Gasteiger charge is 2.33. The number of benzene rings is 1. The average molecular weight is 329 g/mol. The van der Waals surface area contributed by atoms with Crippen molar-refractivity contribution >= 4 is 29.2 Å². The van der Waals surface area contributed by atoms with Crippen LogP contribution in [0.5, 0.6) is 0 Å². The molecule has 0 unspecified atom stereocenters. The summed E-state index contributed by atoms with van der Waals surface area (Å²) in [5.41, 5.74) is 3.11. The van der Waals surface area contributed by atoms with Crippen molar-refractivity contribution in [3.8, 4) is 0 Å². The van der Waals surface area contributed by atoms with Crippen LogP contribution in [0.4, 0.5) is 11.4 Å². The molecule has 1 aliphatic carbocycles. The van der Waals surface area contributed by atoms with E-state index in [4.69, 9.17) is 0 Å². The third-order valence-electron chi connectivity index (χ3n) is 4.36. The first-order valence-electron chi connectivity index (χ1n) is 7.82. The van der Waals surface area contributed by atoms with E-state index in [1.165, 1.54) is 6.92 Å². The largest absolute Gasteiger partial charge is 0.550 e. The molecule has 0 heterocycles. The van der Waals surface area contributed by atoms with Crippen LogP contribution in [-0.4, -0.2) is 17.8 Å². The summed E-state index contributed by atoms with van der Waals surface area (Å²) in [7, 11) is 0. The fourth-order valence-electron chi connectivity index (χ4n) is 2.93. The molecule has 0 aromatic heterocycles. The van der Waals surface area contributed by atoms with E-state index in [0.717, 1.165) is 11.1 Å². The van der Waals surface area contributed by atoms with Gasteiger partial charge in [0.05, 0.1) is 5.92 Å². The third-order valence-corrected chi connectivity index (χ3v) is 4.36. The van der Waals surface area contributed by atoms with Crippen molar-refractivity contribution in [2.24, 2.45) is 11.8 Å². The van der Waals surface area contributed by atoms with Crippen molar-refractivity contribution in [2.45, 2.75) is 33.6 Å². The number of hydrogen-bond donors (Lipinski definition) is 2. The summed E-state index contributed by atoms with van der Waals surface area (Å²) < 4.78 is 0. The predicted molar refractivity (Wildman–Crippen MR) is 89.0 cm³/mol. The molecule has 2 atom stereocenters. The summed E-state index contributed by atoms with van der Waals surface area (Å²) in [4.78, 5) is 35.0. The maximum atomic E-state index is 12.6. The van der Waals surface area contributed by atoms with Gasteiger partial charge in [0.15, 0.2) is 0 Å². The molecule has 1 aromatic rings. The predicted octanol–water partition coefficient (Wildman–Crippen LogP) is 1.70. The maximum absolute atomic E-state index is 12.6. The van der Waals surface area contributed by atoms with Crippen LogP contribution < -0.4 is 15.7 Å². The molecule has 0 bridgehead atoms. The molecule has 0 saturated heterocycles. The van der Waals surface area contributed by atoms with Crippen LogP contribution >= 0.6 is 0 Å². The molecule has 0 spiro atoms. The fraction of sp³-hybridized carbons (Fsp3) is 0.389. The first kappa shape index (κ1) is 17.7. The second-order valence-corrected chi connectivity index (χ2v) is 6.25. The number of carboxylic acid groups (broad SMARTS) is 1. The van der Waals surface area contributed by atoms with Gasteiger partial charge in [-0.1, -0.05) is 17.2 Å². The van der Waals surface area contributed by atoms with Crippen LogP contribution in [0.15, 0.2) is 35.4 Å². The highest BCUT2D eigenvalue weighted by Crippen LogP contribution is 2.34. The number of allylic oxidation sites excluding steroid dienone is 2. The lowest BCUT2D eigenvalue weighted by atomic mass is 9.76. The van der Waals surface area contributed by atoms with Gasteiger partial charge in [-0.3, -0.25) is 9.59 Å². The number of aliphatic carboxylic acids is 1. The highest BCUT2D eigenvalue weighted by molar-refractivity contribution is 5.96. The zero-order valence-corrected chi connectivity index (χ0v) is 14.0. The number of anilines is 2. The number of hydrogen-bond acceptors (Lipinski definition) is 4. The molecule has 1 aliphatic rings. The van der Waals surface area contributed by atoms with Gasteiger partial charge < -0.3 is 20.5 Å². The van der Waals surface area contributed by atoms with Gasteiger partial charge in [0.25, 0.3) is 0 Å². The van der Waals surface area contributed by atoms with Crippen LogP contribution in [0.2, 0.25) is 0 Å². The van der Waals surface area contributed by atoms with Gasteiger partial charge in [0.2, 0.25) is 11.8 Å². The Morgan fingerprint density at radius 3 is 2.08 bits per heavy atom. The summed E-state index contributed by atoms with van der Waals surface area (Å²) >= 11 is 0. The van der Waals surface area contributed by atoms with Crippen LogP contribution in [-0.2, 0) is 14.4 Å². The van der Waals surface area contributed by atoms with Crippen LogP contribution in [0, 0.1) is 11.8 Å². The molecule has 2 amide bonds. The lowest BCUT2D eigenvalue weighted by Crippen LogP contribution is -2.42. The van der Waals surface area contributed by atoms with Crippen molar-refractivity contribution < 1.29 is 19.5 Å². The first-order chi connectivity index (χ1) is 11.3. The SMILES string of the molecule is CC(=O)Nc1cccc(NC(=O)[C@H]2CC(C)=C(C)C[C@@H]2C(=O)[O-])c1. The van der Waals surface area contributed by atoms with E-state index in [2.05, 4.69) is 10.6 Å². The van der Waals surface area contributed by atoms with Crippen molar-refractivity contribution in [3.63, 3.8) is 0 Å². The molecule has 128 valence electrons. The van der Waals surface area contributed by atoms with Crippen molar-refractivity contribution in [1.29, 1.82) is 0 Å². The smallest absolute Gasteiger partial charge is 0.228 e. The number of carbonyl (C=O) groups is 3. The lowest BCUT2D eigenvalue weighted by molar-refractivity contribution is -0.313. The zero-order valence-electron chi connectivity index (χ0n) is 14.0. The third kappa shape index (κ3) is 4.22. The van der Waals surface area contributed by atoms with Crippen molar-refractivity contribution in [1.82, 2.24) is 0 Å². The summed E-state index contributed by atoms with van der Waals surface area (Å²) in [6.45, 7) is 5.20. The molecule has 6 nitrogen and oxygen atoms in total. The Hall–Kier alpha value is -2.63. The molecule has 24 heavy (non-hydrogen) atoms. The van der Waals surface area contributed by atoms with Crippen LogP contribution in [0.25, 0.3) is 0 Å². The van der Waals surface area contributed by atoms with Gasteiger partial charge in [-0.05, 0) is 44.9 Å². The van der Waals surface area contributed by atoms with E-state index < -0.39 is 17.8 Å². The first-order valence-corrected chi connectivity index (χ1v) is 7.82. The van der Waals surface area contributed by atoms with Gasteiger partial charge >= 0.3 is 0 Å². The molecule has 0 aliphatic heterocycles. The van der Waals surface area contributed by atoms with E-state index in [1.54, 1.807) is 24.3 Å². The Balaban J connectivity index is 2.16. The number of amides is 2. The summed E-state index contributed by atoms with van der Waals surface area (Å²) in [5.74, 6) is -3.25. The number of nitrogens with one attached hydrogen (secondary N) is 2. The van der Waals surface area contributed by atoms with Crippen LogP contribution in [0.3, 0.4) is 0 Å². The second kappa shape index (κ2) is 7.29. The molecule has 0 radical (unpaired) electrons. The Morgan fingerprint density at radius 1 is 1.00 bits per heavy atom. The molecule has 2 rings (SSSR count). The van der Waals surface area contributed by atoms with Gasteiger partial charge in [-0.25, -0.2) is 0 Å². The average Bonchev–Trinajstić information content (AvgIpc) is 2.49. The van der Waals surface area contributed by atoms with Gasteiger partial charge in [0, 0.05) is 30.2 Å². The minimum absolute atomic E-state index is 0.209. The van der Waals surface area contributed by atoms with Crippen LogP contribution in [0.1, 0.15) is 33.6 Å². The molecule has 2 N–H and O–H groups in total. The maximum Gasteiger partial charge on any atom is 0.228 e. The van der Waals surface area contributed by atoms with Crippen molar-refractivity contribution in [3.05, 3.63) is 35.4 Å². The molecule has 1 aromatic carbocycles. The van der Waals surface area contributed by atoms with Gasteiger partial charge in [-0.15, -0.1) is 0 Å². The Kier molecular flexibility index (Phi) is 5.39. The quantitative estimate of drug-likeness (QED) is 0.821. The molecule has 6 heteroatoms. The van der Waals surface area contributed by atoms with Gasteiger partial charge in [-0.2, -0.15) is 0 Å². The van der Waals surface area contributed by atoms with E-state index in [-0.39, 0.29) is 11.8 Å². The molecule has 0 saturated carbocycles. The minimum Gasteiger partial charge on any atom is -0.550 e. The Bertz CT molecular complexity index is 709. The topological polar surface area (TPSA) is 98.3 Å². The molecular formula is C18H21N2O4-. The van der Waals surface area contributed by atoms with Crippen molar-refractivity contribution in [2.75, 3.05) is 10.6 Å². The molecular weight excluding hydrogens is 308 g/mol. The normalized spacial score (nSPS) is 20.5. The highest BCUT2D eigenvalue weighted by atomic mass is 16.4. The van der Waals surface area contributed by atoms with E-state index >= 15 is 0 Å². The van der Waals surface area contributed by atoms with E-state index in [9.17, 15) is 19.5 Å². The summed E-state index contributed by atoms with van der Waals surface area (Å²) in [6.07, 6.45) is 0.736. The minimum atomic E-state index is -1.20. The standard InChI is InChI=1S/C18H22N2O4/c1-10-7-15(16(18(23)24)8-11(10)2)17(22)20-14-6-4-5-13(9-14)19-12(3)21/h4-6,9,15-16H,7-8H2,1-3H3,(H,19,21)(H,20,22)(H,23,24)/p-1/t15-,16-/m0/s1. The fourth-order valence-corrected chi connectivity index (χ4v) is 2.93. The number of carbonyl (C=O) groups excluding carboxylic acids is 3.